The molecule has 0 aliphatic heterocycles. The average Bonchev–Trinajstić information content (AvgIpc) is 4.05. The van der Waals surface area contributed by atoms with Gasteiger partial charge in [0.25, 0.3) is 0 Å². The average molecular weight is 706 g/mol. The summed E-state index contributed by atoms with van der Waals surface area (Å²) in [5.41, 5.74) is 7.12. The molecule has 2 unspecified atom stereocenters. The van der Waals surface area contributed by atoms with Gasteiger partial charge in [-0.2, -0.15) is 0 Å². The van der Waals surface area contributed by atoms with Gasteiger partial charge in [0.1, 0.15) is 15.6 Å². The maximum absolute atomic E-state index is 13.2. The summed E-state index contributed by atoms with van der Waals surface area (Å²) in [4.78, 5) is 19.4. The molecule has 3 N–H and O–H groups in total. The van der Waals surface area contributed by atoms with Gasteiger partial charge in [0.2, 0.25) is 5.91 Å². The predicted molar refractivity (Wildman–Crippen MR) is 198 cm³/mol. The van der Waals surface area contributed by atoms with Gasteiger partial charge in [0, 0.05) is 55.8 Å². The molecule has 3 aromatic rings. The summed E-state index contributed by atoms with van der Waals surface area (Å²) >= 11 is 0. The van der Waals surface area contributed by atoms with Crippen LogP contribution >= 0.6 is 0 Å². The first kappa shape index (κ1) is 37.9. The Balaban J connectivity index is 1.18. The van der Waals surface area contributed by atoms with Crippen LogP contribution < -0.4 is 10.1 Å². The molecule has 50 heavy (non-hydrogen) atoms. The molecule has 9 nitrogen and oxygen atoms in total. The maximum Gasteiger partial charge on any atom is 0.222 e. The van der Waals surface area contributed by atoms with Crippen molar-refractivity contribution in [3.8, 4) is 16.9 Å². The van der Waals surface area contributed by atoms with Gasteiger partial charge in [-0.3, -0.25) is 9.78 Å². The number of carbonyl (C=O) groups excluding carboxylic acids is 1. The summed E-state index contributed by atoms with van der Waals surface area (Å²) in [6.07, 6.45) is 12.6. The van der Waals surface area contributed by atoms with Crippen LogP contribution in [-0.4, -0.2) is 78.3 Å². The summed E-state index contributed by atoms with van der Waals surface area (Å²) in [6, 6.07) is 17.1. The number of nitrogens with one attached hydrogen (secondary N) is 1. The predicted octanol–water partition coefficient (Wildman–Crippen LogP) is 6.05. The van der Waals surface area contributed by atoms with Crippen molar-refractivity contribution in [2.75, 3.05) is 31.7 Å². The van der Waals surface area contributed by atoms with E-state index in [1.165, 1.54) is 34.1 Å². The SMILES string of the molecule is Cc1ccc(C(C)CCCC(=O)N(CCCCC(O)CO)CCS(C)(=O)=O)cc1CNC1(c2cnccc2-c2ccccc2OC2CC2)CC1. The minimum absolute atomic E-state index is 0.0384. The molecule has 272 valence electrons. The largest absolute Gasteiger partial charge is 0.490 e. The fourth-order valence-corrected chi connectivity index (χ4v) is 7.13. The first-order valence-corrected chi connectivity index (χ1v) is 20.3. The Morgan fingerprint density at radius 3 is 2.56 bits per heavy atom. The van der Waals surface area contributed by atoms with E-state index >= 15 is 0 Å². The molecule has 2 aliphatic carbocycles. The quantitative estimate of drug-likeness (QED) is 0.114. The number of hydrogen-bond acceptors (Lipinski definition) is 8. The van der Waals surface area contributed by atoms with Crippen molar-refractivity contribution in [2.24, 2.45) is 0 Å². The standard InChI is InChI=1S/C40H55N3O6S/c1-29(9-8-13-39(46)43(23-24-50(3,47)48)22-7-6-10-33(45)28-44)31-15-14-30(2)32(25-31)26-42-40(19-20-40)37-27-41-21-18-35(37)36-11-4-5-12-38(36)49-34-16-17-34/h4-5,11-12,14-15,18,21,25,27,29,33-34,42,44-45H,6-10,13,16-17,19-20,22-24,26,28H2,1-3H3. The van der Waals surface area contributed by atoms with Gasteiger partial charge in [-0.05, 0) is 111 Å². The van der Waals surface area contributed by atoms with Crippen molar-refractivity contribution < 1.29 is 28.2 Å². The molecule has 5 rings (SSSR count). The number of amides is 1. The maximum atomic E-state index is 13.2. The molecule has 2 fully saturated rings. The molecule has 10 heteroatoms. The highest BCUT2D eigenvalue weighted by molar-refractivity contribution is 7.90. The number of unbranched alkanes of at least 4 members (excludes halogenated alkanes) is 1. The van der Waals surface area contributed by atoms with E-state index in [1.54, 1.807) is 4.90 Å². The molecule has 0 radical (unpaired) electrons. The number of aryl methyl sites for hydroxylation is 1. The van der Waals surface area contributed by atoms with Crippen molar-refractivity contribution in [1.29, 1.82) is 0 Å². The van der Waals surface area contributed by atoms with Crippen molar-refractivity contribution in [1.82, 2.24) is 15.2 Å². The summed E-state index contributed by atoms with van der Waals surface area (Å²) in [5.74, 6) is 1.09. The van der Waals surface area contributed by atoms with Crippen LogP contribution in [-0.2, 0) is 26.7 Å². The second-order valence-corrected chi connectivity index (χ2v) is 16.8. The van der Waals surface area contributed by atoms with E-state index in [9.17, 15) is 18.3 Å². The third-order valence-electron chi connectivity index (χ3n) is 10.2. The molecule has 1 heterocycles. The minimum Gasteiger partial charge on any atom is -0.490 e. The van der Waals surface area contributed by atoms with E-state index in [0.717, 1.165) is 50.0 Å². The topological polar surface area (TPSA) is 129 Å². The third-order valence-corrected chi connectivity index (χ3v) is 11.1. The van der Waals surface area contributed by atoms with Crippen molar-refractivity contribution in [3.63, 3.8) is 0 Å². The first-order valence-electron chi connectivity index (χ1n) is 18.3. The van der Waals surface area contributed by atoms with Crippen molar-refractivity contribution in [3.05, 3.63) is 83.2 Å². The Morgan fingerprint density at radius 1 is 1.06 bits per heavy atom. The molecule has 0 saturated heterocycles. The molecule has 1 amide bonds. The fourth-order valence-electron chi connectivity index (χ4n) is 6.58. The second-order valence-electron chi connectivity index (χ2n) is 14.5. The molecule has 1 aromatic heterocycles. The number of benzene rings is 2. The number of nitrogens with zero attached hydrogens (tertiary/aromatic N) is 2. The number of hydrogen-bond donors (Lipinski definition) is 3. The Morgan fingerprint density at radius 2 is 1.84 bits per heavy atom. The highest BCUT2D eigenvalue weighted by Gasteiger charge is 2.46. The van der Waals surface area contributed by atoms with Crippen LogP contribution in [0.4, 0.5) is 0 Å². The number of para-hydroxylation sites is 1. The Hall–Kier alpha value is -3.31. The van der Waals surface area contributed by atoms with Crippen LogP contribution in [0.5, 0.6) is 5.75 Å². The molecule has 2 atom stereocenters. The van der Waals surface area contributed by atoms with E-state index in [-0.39, 0.29) is 36.3 Å². The molecule has 0 bridgehead atoms. The Kier molecular flexibility index (Phi) is 13.1. The number of rotatable bonds is 21. The zero-order valence-corrected chi connectivity index (χ0v) is 30.8. The molecule has 2 aromatic carbocycles. The third kappa shape index (κ3) is 10.8. The van der Waals surface area contributed by atoms with E-state index in [4.69, 9.17) is 9.84 Å². The zero-order chi connectivity index (χ0) is 35.7. The van der Waals surface area contributed by atoms with Gasteiger partial charge in [-0.25, -0.2) is 8.42 Å². The molecule has 2 aliphatic rings. The van der Waals surface area contributed by atoms with Crippen LogP contribution in [0.1, 0.15) is 99.3 Å². The molecular weight excluding hydrogens is 651 g/mol. The van der Waals surface area contributed by atoms with Gasteiger partial charge in [-0.1, -0.05) is 43.3 Å². The lowest BCUT2D eigenvalue weighted by atomic mass is 9.91. The number of sulfone groups is 1. The van der Waals surface area contributed by atoms with Gasteiger partial charge >= 0.3 is 0 Å². The first-order chi connectivity index (χ1) is 24.0. The monoisotopic (exact) mass is 705 g/mol. The van der Waals surface area contributed by atoms with Crippen LogP contribution in [0.2, 0.25) is 0 Å². The molecular formula is C40H55N3O6S. The summed E-state index contributed by atoms with van der Waals surface area (Å²) in [6.45, 7) is 5.43. The zero-order valence-electron chi connectivity index (χ0n) is 29.9. The lowest BCUT2D eigenvalue weighted by molar-refractivity contribution is -0.131. The van der Waals surface area contributed by atoms with E-state index in [2.05, 4.69) is 66.6 Å². The fraction of sp³-hybridized carbons (Fsp3) is 0.550. The van der Waals surface area contributed by atoms with Gasteiger partial charge < -0.3 is 25.2 Å². The molecule has 0 spiro atoms. The molecule has 2 saturated carbocycles. The van der Waals surface area contributed by atoms with E-state index in [1.807, 2.05) is 18.5 Å². The second kappa shape index (κ2) is 17.3. The summed E-state index contributed by atoms with van der Waals surface area (Å²) < 4.78 is 29.9. The van der Waals surface area contributed by atoms with Crippen LogP contribution in [0, 0.1) is 6.92 Å². The summed E-state index contributed by atoms with van der Waals surface area (Å²) in [5, 5.41) is 22.6. The normalized spacial score (nSPS) is 16.5. The highest BCUT2D eigenvalue weighted by Crippen LogP contribution is 2.50. The van der Waals surface area contributed by atoms with Crippen LogP contribution in [0.3, 0.4) is 0 Å². The number of ether oxygens (including phenoxy) is 1. The Labute approximate surface area is 298 Å². The van der Waals surface area contributed by atoms with Gasteiger partial charge in [0.05, 0.1) is 24.6 Å². The summed E-state index contributed by atoms with van der Waals surface area (Å²) in [7, 11) is -3.20. The lowest BCUT2D eigenvalue weighted by Crippen LogP contribution is -2.35. The van der Waals surface area contributed by atoms with Gasteiger partial charge in [0.15, 0.2) is 0 Å². The Bertz CT molecular complexity index is 1690. The van der Waals surface area contributed by atoms with Crippen LogP contribution in [0.15, 0.2) is 60.9 Å². The number of aliphatic hydroxyl groups excluding tert-OH is 2. The number of aromatic nitrogens is 1. The van der Waals surface area contributed by atoms with Crippen molar-refractivity contribution in [2.45, 2.75) is 108 Å². The number of pyridine rings is 1. The number of carbonyl (C=O) groups is 1. The minimum atomic E-state index is -3.20. The van der Waals surface area contributed by atoms with Crippen LogP contribution in [0.25, 0.3) is 11.1 Å². The van der Waals surface area contributed by atoms with Gasteiger partial charge in [-0.15, -0.1) is 0 Å². The van der Waals surface area contributed by atoms with E-state index < -0.39 is 15.9 Å². The van der Waals surface area contributed by atoms with E-state index in [0.29, 0.717) is 44.8 Å². The number of aliphatic hydroxyl groups is 2. The van der Waals surface area contributed by atoms with Crippen molar-refractivity contribution >= 4 is 15.7 Å². The highest BCUT2D eigenvalue weighted by atomic mass is 32.2. The lowest BCUT2D eigenvalue weighted by Gasteiger charge is -2.24. The smallest absolute Gasteiger partial charge is 0.222 e.